The molecule has 0 N–H and O–H groups in total. The number of hydrogen-bond acceptors (Lipinski definition) is 4. The summed E-state index contributed by atoms with van der Waals surface area (Å²) in [6, 6.07) is 16.4. The molecule has 0 aromatic heterocycles. The zero-order valence-corrected chi connectivity index (χ0v) is 16.2. The van der Waals surface area contributed by atoms with Gasteiger partial charge in [-0.2, -0.15) is 0 Å². The number of nitrogens with zero attached hydrogens (tertiary/aromatic N) is 2. The first kappa shape index (κ1) is 18.0. The van der Waals surface area contributed by atoms with E-state index in [4.69, 9.17) is 9.47 Å². The summed E-state index contributed by atoms with van der Waals surface area (Å²) in [4.78, 5) is 29.9. The zero-order valence-electron chi connectivity index (χ0n) is 16.2. The topological polar surface area (TPSA) is 59.1 Å². The Morgan fingerprint density at radius 2 is 1.83 bits per heavy atom. The number of fused-ring (bicyclic) bond motifs is 3. The number of carbonyl (C=O) groups excluding carboxylic acids is 2. The molecule has 2 aromatic rings. The predicted molar refractivity (Wildman–Crippen MR) is 108 cm³/mol. The van der Waals surface area contributed by atoms with Crippen molar-refractivity contribution in [2.75, 3.05) is 24.6 Å². The SMILES string of the molecule is O=C1C2CC(CN2C(=O)COc2ccccc2)Oc2ccccc2N1CC1CC1. The van der Waals surface area contributed by atoms with Gasteiger partial charge in [-0.1, -0.05) is 30.3 Å². The molecule has 1 saturated heterocycles. The predicted octanol–water partition coefficient (Wildman–Crippen LogP) is 2.87. The Kier molecular flexibility index (Phi) is 4.62. The lowest BCUT2D eigenvalue weighted by molar-refractivity contribution is -0.139. The first-order chi connectivity index (χ1) is 14.2. The van der Waals surface area contributed by atoms with E-state index in [1.54, 1.807) is 4.90 Å². The van der Waals surface area contributed by atoms with Gasteiger partial charge in [0, 0.05) is 13.0 Å². The Hall–Kier alpha value is -3.02. The fraction of sp³-hybridized carbons (Fsp3) is 0.391. The summed E-state index contributed by atoms with van der Waals surface area (Å²) in [6.07, 6.45) is 2.63. The number of hydrogen-bond donors (Lipinski definition) is 0. The van der Waals surface area contributed by atoms with Crippen molar-refractivity contribution in [2.45, 2.75) is 31.4 Å². The van der Waals surface area contributed by atoms with Crippen LogP contribution in [0.15, 0.2) is 54.6 Å². The quantitative estimate of drug-likeness (QED) is 0.785. The Morgan fingerprint density at radius 3 is 2.62 bits per heavy atom. The largest absolute Gasteiger partial charge is 0.486 e. The smallest absolute Gasteiger partial charge is 0.261 e. The third kappa shape index (κ3) is 3.67. The van der Waals surface area contributed by atoms with Crippen molar-refractivity contribution in [3.63, 3.8) is 0 Å². The molecule has 6 heteroatoms. The standard InChI is InChI=1S/C23H24N2O4/c26-22(15-28-17-6-2-1-3-7-17)24-14-18-12-20(24)23(27)25(13-16-10-11-16)19-8-4-5-9-21(19)29-18/h1-9,16,18,20H,10-15H2. The van der Waals surface area contributed by atoms with E-state index in [0.29, 0.717) is 31.2 Å². The van der Waals surface area contributed by atoms with Crippen molar-refractivity contribution in [2.24, 2.45) is 5.92 Å². The van der Waals surface area contributed by atoms with Crippen LogP contribution in [0.4, 0.5) is 5.69 Å². The van der Waals surface area contributed by atoms with Crippen LogP contribution in [0.3, 0.4) is 0 Å². The van der Waals surface area contributed by atoms with Crippen LogP contribution in [-0.2, 0) is 9.59 Å². The zero-order chi connectivity index (χ0) is 19.8. The van der Waals surface area contributed by atoms with Crippen LogP contribution in [-0.4, -0.2) is 48.6 Å². The molecule has 0 spiro atoms. The van der Waals surface area contributed by atoms with Gasteiger partial charge < -0.3 is 19.3 Å². The van der Waals surface area contributed by atoms with E-state index < -0.39 is 6.04 Å². The van der Waals surface area contributed by atoms with Gasteiger partial charge in [0.25, 0.3) is 5.91 Å². The van der Waals surface area contributed by atoms with E-state index in [-0.39, 0.29) is 24.5 Å². The summed E-state index contributed by atoms with van der Waals surface area (Å²) in [5.74, 6) is 1.70. The molecule has 2 bridgehead atoms. The van der Waals surface area contributed by atoms with Gasteiger partial charge in [-0.3, -0.25) is 9.59 Å². The number of ether oxygens (including phenoxy) is 2. The molecule has 2 unspecified atom stereocenters. The molecule has 6 nitrogen and oxygen atoms in total. The third-order valence-electron chi connectivity index (χ3n) is 5.83. The highest BCUT2D eigenvalue weighted by Gasteiger charge is 2.45. The van der Waals surface area contributed by atoms with Gasteiger partial charge >= 0.3 is 0 Å². The van der Waals surface area contributed by atoms with Crippen molar-refractivity contribution >= 4 is 17.5 Å². The summed E-state index contributed by atoms with van der Waals surface area (Å²) < 4.78 is 11.9. The van der Waals surface area contributed by atoms with Gasteiger partial charge in [0.15, 0.2) is 6.61 Å². The summed E-state index contributed by atoms with van der Waals surface area (Å²) in [7, 11) is 0. The van der Waals surface area contributed by atoms with Crippen LogP contribution in [0.2, 0.25) is 0 Å². The monoisotopic (exact) mass is 392 g/mol. The van der Waals surface area contributed by atoms with E-state index in [0.717, 1.165) is 24.3 Å². The second-order valence-corrected chi connectivity index (χ2v) is 8.00. The highest BCUT2D eigenvalue weighted by molar-refractivity contribution is 6.01. The molecule has 3 aliphatic rings. The number of para-hydroxylation sites is 3. The molecule has 5 rings (SSSR count). The van der Waals surface area contributed by atoms with E-state index in [2.05, 4.69) is 0 Å². The molecule has 2 heterocycles. The number of rotatable bonds is 5. The minimum absolute atomic E-state index is 0.0109. The Labute approximate surface area is 170 Å². The van der Waals surface area contributed by atoms with Gasteiger partial charge in [0.1, 0.15) is 23.6 Å². The second-order valence-electron chi connectivity index (χ2n) is 8.00. The highest BCUT2D eigenvalue weighted by Crippen LogP contribution is 2.39. The van der Waals surface area contributed by atoms with Crippen LogP contribution in [0.5, 0.6) is 11.5 Å². The summed E-state index contributed by atoms with van der Waals surface area (Å²) in [5, 5.41) is 0. The number of carbonyl (C=O) groups is 2. The Bertz CT molecular complexity index is 912. The Balaban J connectivity index is 1.37. The number of amides is 2. The van der Waals surface area contributed by atoms with Crippen molar-refractivity contribution in [3.8, 4) is 11.5 Å². The second kappa shape index (κ2) is 7.43. The average molecular weight is 392 g/mol. The maximum absolute atomic E-state index is 13.5. The van der Waals surface area contributed by atoms with E-state index in [1.807, 2.05) is 59.5 Å². The fourth-order valence-corrected chi connectivity index (χ4v) is 4.14. The lowest BCUT2D eigenvalue weighted by Crippen LogP contribution is -2.49. The minimum atomic E-state index is -0.501. The van der Waals surface area contributed by atoms with Gasteiger partial charge in [-0.25, -0.2) is 0 Å². The van der Waals surface area contributed by atoms with Crippen LogP contribution in [0.1, 0.15) is 19.3 Å². The first-order valence-corrected chi connectivity index (χ1v) is 10.2. The summed E-state index contributed by atoms with van der Waals surface area (Å²) in [5.41, 5.74) is 0.814. The number of anilines is 1. The molecule has 29 heavy (non-hydrogen) atoms. The lowest BCUT2D eigenvalue weighted by Gasteiger charge is -2.31. The molecule has 2 fully saturated rings. The van der Waals surface area contributed by atoms with Gasteiger partial charge in [-0.15, -0.1) is 0 Å². The van der Waals surface area contributed by atoms with Gasteiger partial charge in [0.2, 0.25) is 5.91 Å². The van der Waals surface area contributed by atoms with Crippen molar-refractivity contribution in [1.29, 1.82) is 0 Å². The van der Waals surface area contributed by atoms with E-state index in [9.17, 15) is 9.59 Å². The van der Waals surface area contributed by atoms with Crippen LogP contribution >= 0.6 is 0 Å². The van der Waals surface area contributed by atoms with Gasteiger partial charge in [0.05, 0.1) is 12.2 Å². The first-order valence-electron chi connectivity index (χ1n) is 10.2. The van der Waals surface area contributed by atoms with E-state index >= 15 is 0 Å². The molecule has 0 radical (unpaired) electrons. The van der Waals surface area contributed by atoms with E-state index in [1.165, 1.54) is 0 Å². The van der Waals surface area contributed by atoms with Crippen molar-refractivity contribution < 1.29 is 19.1 Å². The van der Waals surface area contributed by atoms with Crippen LogP contribution in [0.25, 0.3) is 0 Å². The molecule has 2 amide bonds. The normalized spacial score (nSPS) is 23.1. The summed E-state index contributed by atoms with van der Waals surface area (Å²) in [6.45, 7) is 0.998. The summed E-state index contributed by atoms with van der Waals surface area (Å²) >= 11 is 0. The lowest BCUT2D eigenvalue weighted by atomic mass is 10.1. The van der Waals surface area contributed by atoms with Crippen molar-refractivity contribution in [3.05, 3.63) is 54.6 Å². The molecular formula is C23H24N2O4. The molecule has 2 aliphatic heterocycles. The fourth-order valence-electron chi connectivity index (χ4n) is 4.14. The molecule has 1 saturated carbocycles. The highest BCUT2D eigenvalue weighted by atomic mass is 16.5. The van der Waals surface area contributed by atoms with Crippen LogP contribution < -0.4 is 14.4 Å². The molecule has 150 valence electrons. The molecule has 2 atom stereocenters. The maximum atomic E-state index is 13.5. The van der Waals surface area contributed by atoms with Crippen molar-refractivity contribution in [1.82, 2.24) is 4.90 Å². The number of benzene rings is 2. The Morgan fingerprint density at radius 1 is 1.07 bits per heavy atom. The van der Waals surface area contributed by atoms with Crippen LogP contribution in [0, 0.1) is 5.92 Å². The molecule has 1 aliphatic carbocycles. The average Bonchev–Trinajstić information content (AvgIpc) is 3.47. The third-order valence-corrected chi connectivity index (χ3v) is 5.83. The molecular weight excluding hydrogens is 368 g/mol. The molecule has 2 aromatic carbocycles. The number of likely N-dealkylation sites (tertiary alicyclic amines) is 1. The van der Waals surface area contributed by atoms with Gasteiger partial charge in [-0.05, 0) is 43.0 Å². The minimum Gasteiger partial charge on any atom is -0.486 e. The maximum Gasteiger partial charge on any atom is 0.261 e.